The summed E-state index contributed by atoms with van der Waals surface area (Å²) in [5.74, 6) is -0.106. The molecule has 3 N–H and O–H groups in total. The Morgan fingerprint density at radius 1 is 1.73 bits per heavy atom. The number of anilines is 1. The Kier molecular flexibility index (Phi) is 1.76. The van der Waals surface area contributed by atoms with Crippen molar-refractivity contribution in [3.05, 3.63) is 17.8 Å². The largest absolute Gasteiger partial charge is 0.506 e. The average Bonchev–Trinajstić information content (AvgIpc) is 1.94. The lowest BCUT2D eigenvalue weighted by atomic mass is 10.2. The minimum atomic E-state index is -0.203. The monoisotopic (exact) mass is 152 g/mol. The molecule has 58 valence electrons. The fourth-order valence-electron chi connectivity index (χ4n) is 0.746. The second-order valence-electron chi connectivity index (χ2n) is 2.18. The molecule has 4 nitrogen and oxygen atoms in total. The van der Waals surface area contributed by atoms with Crippen LogP contribution in [0, 0.1) is 0 Å². The van der Waals surface area contributed by atoms with Crippen LogP contribution in [-0.4, -0.2) is 15.9 Å². The van der Waals surface area contributed by atoms with Crippen LogP contribution >= 0.6 is 0 Å². The van der Waals surface area contributed by atoms with Gasteiger partial charge in [-0.2, -0.15) is 0 Å². The number of carbonyl (C=O) groups excluding carboxylic acids is 1. The summed E-state index contributed by atoms with van der Waals surface area (Å²) in [6.45, 7) is 1.37. The molecule has 0 aliphatic rings. The van der Waals surface area contributed by atoms with Crippen LogP contribution in [0.25, 0.3) is 0 Å². The maximum absolute atomic E-state index is 10.8. The van der Waals surface area contributed by atoms with Crippen molar-refractivity contribution in [3.8, 4) is 5.75 Å². The van der Waals surface area contributed by atoms with Crippen molar-refractivity contribution >= 4 is 11.6 Å². The zero-order valence-corrected chi connectivity index (χ0v) is 6.03. The fraction of sp³-hybridized carbons (Fsp3) is 0.143. The maximum Gasteiger partial charge on any atom is 0.163 e. The first-order valence-electron chi connectivity index (χ1n) is 3.06. The molecule has 0 aliphatic heterocycles. The Hall–Kier alpha value is -1.58. The second kappa shape index (κ2) is 2.57. The van der Waals surface area contributed by atoms with Gasteiger partial charge in [-0.25, -0.2) is 4.98 Å². The van der Waals surface area contributed by atoms with Gasteiger partial charge in [0.05, 0.1) is 11.8 Å². The van der Waals surface area contributed by atoms with Gasteiger partial charge in [0.15, 0.2) is 5.78 Å². The number of nitrogens with zero attached hydrogens (tertiary/aromatic N) is 1. The Morgan fingerprint density at radius 2 is 2.36 bits per heavy atom. The third kappa shape index (κ3) is 1.46. The van der Waals surface area contributed by atoms with Gasteiger partial charge in [0, 0.05) is 0 Å². The van der Waals surface area contributed by atoms with Crippen molar-refractivity contribution in [1.82, 2.24) is 4.98 Å². The zero-order chi connectivity index (χ0) is 8.43. The molecule has 1 aromatic heterocycles. The van der Waals surface area contributed by atoms with E-state index in [1.54, 1.807) is 0 Å². The Bertz CT molecular complexity index is 296. The molecule has 1 rings (SSSR count). The summed E-state index contributed by atoms with van der Waals surface area (Å²) in [7, 11) is 0. The molecule has 1 aromatic rings. The molecule has 0 aromatic carbocycles. The molecule has 4 heteroatoms. The van der Waals surface area contributed by atoms with Gasteiger partial charge in [0.1, 0.15) is 11.6 Å². The molecular weight excluding hydrogens is 144 g/mol. The van der Waals surface area contributed by atoms with E-state index in [-0.39, 0.29) is 22.9 Å². The summed E-state index contributed by atoms with van der Waals surface area (Å²) >= 11 is 0. The third-order valence-electron chi connectivity index (χ3n) is 1.28. The molecule has 0 amide bonds. The van der Waals surface area contributed by atoms with Gasteiger partial charge in [0.2, 0.25) is 0 Å². The SMILES string of the molecule is CC(=O)c1cc(O)cnc1N. The minimum Gasteiger partial charge on any atom is -0.506 e. The van der Waals surface area contributed by atoms with Gasteiger partial charge < -0.3 is 10.8 Å². The second-order valence-corrected chi connectivity index (χ2v) is 2.18. The highest BCUT2D eigenvalue weighted by atomic mass is 16.3. The normalized spacial score (nSPS) is 9.55. The van der Waals surface area contributed by atoms with Gasteiger partial charge in [-0.05, 0) is 13.0 Å². The molecule has 0 fully saturated rings. The summed E-state index contributed by atoms with van der Waals surface area (Å²) in [6.07, 6.45) is 1.20. The summed E-state index contributed by atoms with van der Waals surface area (Å²) in [5, 5.41) is 8.92. The van der Waals surface area contributed by atoms with Gasteiger partial charge >= 0.3 is 0 Å². The number of aromatic nitrogens is 1. The van der Waals surface area contributed by atoms with E-state index in [4.69, 9.17) is 10.8 Å². The lowest BCUT2D eigenvalue weighted by Crippen LogP contribution is -2.01. The number of nitrogen functional groups attached to an aromatic ring is 1. The number of hydrogen-bond donors (Lipinski definition) is 2. The quantitative estimate of drug-likeness (QED) is 0.577. The number of carbonyl (C=O) groups is 1. The highest BCUT2D eigenvalue weighted by Gasteiger charge is 2.05. The van der Waals surface area contributed by atoms with Gasteiger partial charge in [0.25, 0.3) is 0 Å². The van der Waals surface area contributed by atoms with Crippen molar-refractivity contribution in [3.63, 3.8) is 0 Å². The topological polar surface area (TPSA) is 76.2 Å². The number of pyridine rings is 1. The van der Waals surface area contributed by atoms with E-state index in [9.17, 15) is 4.79 Å². The highest BCUT2D eigenvalue weighted by molar-refractivity contribution is 5.98. The number of nitrogens with two attached hydrogens (primary N) is 1. The van der Waals surface area contributed by atoms with Crippen LogP contribution in [0.4, 0.5) is 5.82 Å². The third-order valence-corrected chi connectivity index (χ3v) is 1.28. The lowest BCUT2D eigenvalue weighted by Gasteiger charge is -1.99. The predicted octanol–water partition coefficient (Wildman–Crippen LogP) is 0.572. The van der Waals surface area contributed by atoms with Gasteiger partial charge in [-0.15, -0.1) is 0 Å². The number of ketones is 1. The minimum absolute atomic E-state index is 0.0515. The number of Topliss-reactive ketones (excluding diaryl/α,β-unsaturated/α-hetero) is 1. The summed E-state index contributed by atoms with van der Waals surface area (Å²) in [5.41, 5.74) is 5.60. The molecule has 0 saturated carbocycles. The highest BCUT2D eigenvalue weighted by Crippen LogP contribution is 2.15. The molecule has 0 unspecified atom stereocenters. The van der Waals surface area contributed by atoms with Crippen molar-refractivity contribution < 1.29 is 9.90 Å². The molecule has 0 radical (unpaired) electrons. The molecule has 0 aliphatic carbocycles. The molecule has 0 spiro atoms. The van der Waals surface area contributed by atoms with Crippen molar-refractivity contribution in [2.24, 2.45) is 0 Å². The fourth-order valence-corrected chi connectivity index (χ4v) is 0.746. The first kappa shape index (κ1) is 7.53. The molecule has 0 bridgehead atoms. The van der Waals surface area contributed by atoms with Crippen LogP contribution in [0.2, 0.25) is 0 Å². The first-order chi connectivity index (χ1) is 5.11. The van der Waals surface area contributed by atoms with E-state index < -0.39 is 0 Å². The van der Waals surface area contributed by atoms with Crippen LogP contribution in [-0.2, 0) is 0 Å². The van der Waals surface area contributed by atoms with Crippen molar-refractivity contribution in [1.29, 1.82) is 0 Å². The maximum atomic E-state index is 10.8. The van der Waals surface area contributed by atoms with E-state index in [0.717, 1.165) is 0 Å². The van der Waals surface area contributed by atoms with Crippen LogP contribution < -0.4 is 5.73 Å². The number of rotatable bonds is 1. The molecule has 0 atom stereocenters. The van der Waals surface area contributed by atoms with Gasteiger partial charge in [-0.1, -0.05) is 0 Å². The molecule has 1 heterocycles. The molecular formula is C7H8N2O2. The summed E-state index contributed by atoms with van der Waals surface area (Å²) in [6, 6.07) is 1.30. The van der Waals surface area contributed by atoms with Crippen LogP contribution in [0.15, 0.2) is 12.3 Å². The van der Waals surface area contributed by atoms with Gasteiger partial charge in [-0.3, -0.25) is 4.79 Å². The Morgan fingerprint density at radius 3 is 2.82 bits per heavy atom. The Balaban J connectivity index is 3.23. The van der Waals surface area contributed by atoms with Crippen LogP contribution in [0.3, 0.4) is 0 Å². The Labute approximate surface area is 63.7 Å². The number of hydrogen-bond acceptors (Lipinski definition) is 4. The van der Waals surface area contributed by atoms with E-state index in [1.165, 1.54) is 19.2 Å². The van der Waals surface area contributed by atoms with Crippen molar-refractivity contribution in [2.45, 2.75) is 6.92 Å². The lowest BCUT2D eigenvalue weighted by molar-refractivity contribution is 0.101. The molecule has 0 saturated heterocycles. The van der Waals surface area contributed by atoms with E-state index >= 15 is 0 Å². The summed E-state index contributed by atoms with van der Waals surface area (Å²) in [4.78, 5) is 14.4. The van der Waals surface area contributed by atoms with Crippen LogP contribution in [0.5, 0.6) is 5.75 Å². The summed E-state index contributed by atoms with van der Waals surface area (Å²) < 4.78 is 0. The standard InChI is InChI=1S/C7H8N2O2/c1-4(10)6-2-5(11)3-9-7(6)8/h2-3,11H,1H3,(H2,8,9). The first-order valence-corrected chi connectivity index (χ1v) is 3.06. The van der Waals surface area contributed by atoms with Crippen molar-refractivity contribution in [2.75, 3.05) is 5.73 Å². The average molecular weight is 152 g/mol. The zero-order valence-electron chi connectivity index (χ0n) is 6.03. The predicted molar refractivity (Wildman–Crippen MR) is 40.3 cm³/mol. The smallest absolute Gasteiger partial charge is 0.163 e. The van der Waals surface area contributed by atoms with E-state index in [0.29, 0.717) is 0 Å². The van der Waals surface area contributed by atoms with Crippen LogP contribution in [0.1, 0.15) is 17.3 Å². The number of aromatic hydroxyl groups is 1. The molecule has 11 heavy (non-hydrogen) atoms. The van der Waals surface area contributed by atoms with E-state index in [2.05, 4.69) is 4.98 Å². The van der Waals surface area contributed by atoms with E-state index in [1.807, 2.05) is 0 Å².